The summed E-state index contributed by atoms with van der Waals surface area (Å²) in [6.45, 7) is 56.1. The maximum atomic E-state index is 15.0. The third-order valence-electron chi connectivity index (χ3n) is 28.2. The highest BCUT2D eigenvalue weighted by atomic mass is 28.3. The van der Waals surface area contributed by atoms with Gasteiger partial charge < -0.3 is 13.3 Å². The van der Waals surface area contributed by atoms with Gasteiger partial charge in [-0.2, -0.15) is 13.7 Å². The first-order valence-electron chi connectivity index (χ1n) is 47.8. The Morgan fingerprint density at radius 1 is 0.359 bits per heavy atom. The molecule has 1 aliphatic carbocycles. The lowest BCUT2D eigenvalue weighted by Gasteiger charge is -2.23. The Morgan fingerprint density at radius 2 is 0.870 bits per heavy atom. The summed E-state index contributed by atoms with van der Waals surface area (Å²) in [6.07, 6.45) is 2.01. The molecule has 0 atom stereocenters. The molecule has 0 bridgehead atoms. The first-order valence-corrected chi connectivity index (χ1v) is 56.8. The van der Waals surface area contributed by atoms with Gasteiger partial charge in [0.1, 0.15) is 72.1 Å². The molecule has 1 aliphatic rings. The van der Waals surface area contributed by atoms with Crippen LogP contribution >= 0.6 is 0 Å². The van der Waals surface area contributed by atoms with Crippen molar-refractivity contribution in [3.8, 4) is 56.0 Å². The fourth-order valence-corrected chi connectivity index (χ4v) is 24.8. The van der Waals surface area contributed by atoms with E-state index in [9.17, 15) is 8.78 Å². The number of hydrogen-bond donors (Lipinski definition) is 0. The maximum absolute atomic E-state index is 15.0. The predicted octanol–water partition coefficient (Wildman–Crippen LogP) is 30.4. The van der Waals surface area contributed by atoms with E-state index >= 15 is 4.39 Å². The van der Waals surface area contributed by atoms with Gasteiger partial charge >= 0.3 is 0 Å². The van der Waals surface area contributed by atoms with E-state index in [-0.39, 0.29) is 28.3 Å². The van der Waals surface area contributed by atoms with Gasteiger partial charge in [-0.05, 0) is 301 Å². The number of aryl methyl sites for hydroxylation is 11. The van der Waals surface area contributed by atoms with E-state index in [4.69, 9.17) is 17.4 Å². The van der Waals surface area contributed by atoms with Crippen LogP contribution in [0.3, 0.4) is 0 Å². The van der Waals surface area contributed by atoms with E-state index in [0.717, 1.165) is 122 Å². The van der Waals surface area contributed by atoms with Crippen molar-refractivity contribution in [3.05, 3.63) is 307 Å². The predicted molar refractivity (Wildman–Crippen MR) is 559 cm³/mol. The first-order chi connectivity index (χ1) is 62.7. The molecule has 0 saturated heterocycles. The number of aromatic nitrogens is 3. The SMILES string of the molecule is Cc1cc2c(cc1[Si](C)(C)C)c(CC(C)(C)C)cc(-c1c(C)c(C)cc3c1oc1cc(F)ccc13)[n+]2C.Cc1cc2c(oc3ccccc32)c(-c2ccc3c(F)cc([Si](C)(C)C)cc3[n+]2C)c1C.Cc1ccc2c(c1)Cc1c-2cc(C)c(C)c1-c1ccc2c(C)cc(C(C)(C)C)cc2c1C.[2H]C([2H])([2H])c1cc2c(oc3ccccc32)c(-c2ccc3cc(F)c([Si](C)(C)C)cc3[n+]2C)c1C. The second-order valence-corrected chi connectivity index (χ2v) is 58.1. The van der Waals surface area contributed by atoms with Crippen molar-refractivity contribution in [2.75, 3.05) is 0 Å². The van der Waals surface area contributed by atoms with Crippen LogP contribution in [0.5, 0.6) is 0 Å². The second-order valence-electron chi connectivity index (χ2n) is 42.9. The summed E-state index contributed by atoms with van der Waals surface area (Å²) in [6, 6.07) is 68.2. The van der Waals surface area contributed by atoms with Crippen LogP contribution in [0.25, 0.3) is 165 Å². The molecule has 0 amide bonds. The summed E-state index contributed by atoms with van der Waals surface area (Å²) in [5, 5.41) is 14.9. The van der Waals surface area contributed by atoms with E-state index in [1.165, 1.54) is 139 Å². The van der Waals surface area contributed by atoms with Gasteiger partial charge in [-0.3, -0.25) is 0 Å². The molecular formula is C119H127F3N3O3Si3+3. The van der Waals surface area contributed by atoms with Crippen molar-refractivity contribution >= 4 is 149 Å². The average Bonchev–Trinajstić information content (AvgIpc) is 1.58. The number of halogens is 3. The lowest BCUT2D eigenvalue weighted by molar-refractivity contribution is -0.633. The Hall–Kier alpha value is -11.8. The molecule has 0 fully saturated rings. The van der Waals surface area contributed by atoms with Gasteiger partial charge in [0.15, 0.2) is 0 Å². The molecule has 0 saturated carbocycles. The maximum Gasteiger partial charge on any atom is 0.217 e. The van der Waals surface area contributed by atoms with Gasteiger partial charge in [-0.15, -0.1) is 0 Å². The van der Waals surface area contributed by atoms with Crippen molar-refractivity contribution in [1.29, 1.82) is 0 Å². The van der Waals surface area contributed by atoms with Gasteiger partial charge in [-0.1, -0.05) is 201 Å². The summed E-state index contributed by atoms with van der Waals surface area (Å²) < 4.78 is 94.1. The van der Waals surface area contributed by atoms with Crippen LogP contribution in [0.15, 0.2) is 213 Å². The van der Waals surface area contributed by atoms with Gasteiger partial charge in [0.05, 0.1) is 46.3 Å². The Kier molecular flexibility index (Phi) is 22.1. The van der Waals surface area contributed by atoms with Crippen LogP contribution in [-0.2, 0) is 39.4 Å². The Labute approximate surface area is 779 Å². The molecule has 6 heterocycles. The molecule has 0 radical (unpaired) electrons. The summed E-state index contributed by atoms with van der Waals surface area (Å²) in [5.41, 5.74) is 39.3. The smallest absolute Gasteiger partial charge is 0.217 e. The number of nitrogens with zero attached hydrogens (tertiary/aromatic N) is 3. The molecule has 6 aromatic heterocycles. The molecule has 131 heavy (non-hydrogen) atoms. The Bertz CT molecular complexity index is 8150. The fraction of sp³-hybridized carbons (Fsp3) is 0.286. The van der Waals surface area contributed by atoms with E-state index in [1.807, 2.05) is 104 Å². The second kappa shape index (κ2) is 33.2. The zero-order valence-corrected chi connectivity index (χ0v) is 85.2. The molecule has 0 spiro atoms. The van der Waals surface area contributed by atoms with Crippen molar-refractivity contribution in [2.45, 2.75) is 202 Å². The number of fused-ring (bicyclic) bond motifs is 16. The number of benzene rings is 13. The van der Waals surface area contributed by atoms with Gasteiger partial charge in [-0.25, -0.2) is 13.2 Å². The first kappa shape index (κ1) is 87.2. The Balaban J connectivity index is 0.000000125. The minimum absolute atomic E-state index is 0.140. The van der Waals surface area contributed by atoms with Crippen LogP contribution in [0.1, 0.15) is 135 Å². The summed E-state index contributed by atoms with van der Waals surface area (Å²) in [4.78, 5) is 0. The van der Waals surface area contributed by atoms with E-state index in [2.05, 4.69) is 277 Å². The highest BCUT2D eigenvalue weighted by molar-refractivity contribution is 6.90. The van der Waals surface area contributed by atoms with Crippen LogP contribution in [0.2, 0.25) is 58.9 Å². The van der Waals surface area contributed by atoms with E-state index < -0.39 is 31.1 Å². The minimum Gasteiger partial charge on any atom is -0.455 e. The van der Waals surface area contributed by atoms with Gasteiger partial charge in [0.2, 0.25) is 33.6 Å². The van der Waals surface area contributed by atoms with Gasteiger partial charge in [0.25, 0.3) is 0 Å². The van der Waals surface area contributed by atoms with E-state index in [1.54, 1.807) is 18.2 Å². The van der Waals surface area contributed by atoms with Crippen LogP contribution < -0.4 is 29.3 Å². The molecule has 6 nitrogen and oxygen atoms in total. The van der Waals surface area contributed by atoms with Crippen molar-refractivity contribution in [2.24, 2.45) is 26.6 Å². The summed E-state index contributed by atoms with van der Waals surface area (Å²) >= 11 is 0. The molecule has 666 valence electrons. The average molecular weight is 1790 g/mol. The zero-order valence-electron chi connectivity index (χ0n) is 85.2. The quantitative estimate of drug-likeness (QED) is 0.113. The molecular weight excluding hydrogens is 1660 g/mol. The number of para-hydroxylation sites is 2. The molecule has 12 heteroatoms. The van der Waals surface area contributed by atoms with Crippen molar-refractivity contribution in [3.63, 3.8) is 0 Å². The molecule has 20 rings (SSSR count). The lowest BCUT2D eigenvalue weighted by Crippen LogP contribution is -2.42. The van der Waals surface area contributed by atoms with E-state index in [0.29, 0.717) is 33.3 Å². The molecule has 0 aliphatic heterocycles. The van der Waals surface area contributed by atoms with Crippen molar-refractivity contribution < 1.29 is 44.2 Å². The summed E-state index contributed by atoms with van der Waals surface area (Å²) in [7, 11) is 1.07. The third-order valence-corrected chi connectivity index (χ3v) is 34.3. The monoisotopic (exact) mass is 1790 g/mol. The lowest BCUT2D eigenvalue weighted by atomic mass is 9.81. The third kappa shape index (κ3) is 16.4. The minimum atomic E-state index is -2.27. The largest absolute Gasteiger partial charge is 0.455 e. The standard InChI is InChI=1S/C33H39FNOSi.C32H34.2C27H27FNOSi/c1-19-13-26-24-12-11-23(34)16-29(24)36-32(26)31(21(19)3)28-15-22(18-33(4,5)6)25-17-30(37(8,9)10)20(2)14-27(25)35(28)7;1-18-9-10-27-23(13-18)16-30-29(27)15-19(2)21(4)31(30)26-12-11-25-20(3)14-24(32(6,7)8)17-28(25)22(26)5;1-16-13-21-19-9-7-8-10-25(19)30-27(21)26(17(16)2)23-12-11-20-22(28)14-18(31(4,5)6)15-24(20)29(23)3;1-16-13-20-19-9-7-8-10-24(19)30-27(20)26(17(16)2)22-12-11-18-14-21(28)25(31(4,5)6)15-23(18)29(22)3/h11-17H,18H2,1-10H3;9-15,17H,16H2,1-8H3;2*7-15H,1-6H3/q+1;;2*+1/i;;;1D3. The van der Waals surface area contributed by atoms with Crippen LogP contribution in [0.4, 0.5) is 13.2 Å². The number of furan rings is 3. The summed E-state index contributed by atoms with van der Waals surface area (Å²) in [5.74, 6) is -0.592. The molecule has 0 unspecified atom stereocenters. The Morgan fingerprint density at radius 3 is 1.46 bits per heavy atom. The normalized spacial score (nSPS) is 13.1. The van der Waals surface area contributed by atoms with Gasteiger partial charge in [0, 0.05) is 89.7 Å². The number of pyridine rings is 3. The highest BCUT2D eigenvalue weighted by Gasteiger charge is 2.35. The van der Waals surface area contributed by atoms with Crippen LogP contribution in [-0.4, -0.2) is 24.2 Å². The van der Waals surface area contributed by atoms with Crippen LogP contribution in [0, 0.1) is 106 Å². The number of rotatable bonds is 8. The molecule has 19 aromatic rings. The zero-order chi connectivity index (χ0) is 96.6. The number of hydrogen-bond acceptors (Lipinski definition) is 3. The molecule has 0 N–H and O–H groups in total. The molecule has 13 aromatic carbocycles. The highest BCUT2D eigenvalue weighted by Crippen LogP contribution is 2.49. The fourth-order valence-electron chi connectivity index (χ4n) is 20.5. The topological polar surface area (TPSA) is 51.1 Å². The van der Waals surface area contributed by atoms with Crippen molar-refractivity contribution in [1.82, 2.24) is 0 Å².